The van der Waals surface area contributed by atoms with E-state index in [9.17, 15) is 14.7 Å². The van der Waals surface area contributed by atoms with Gasteiger partial charge in [0, 0.05) is 32.6 Å². The fraction of sp³-hybridized carbons (Fsp3) is 0.750. The van der Waals surface area contributed by atoms with Crippen molar-refractivity contribution in [3.8, 4) is 11.5 Å². The fourth-order valence-corrected chi connectivity index (χ4v) is 4.63. The number of nitrogens with two attached hydrogens (primary N) is 1. The van der Waals surface area contributed by atoms with E-state index in [4.69, 9.17) is 24.8 Å². The summed E-state index contributed by atoms with van der Waals surface area (Å²) in [6.45, 7) is 12.9. The highest BCUT2D eigenvalue weighted by Gasteiger charge is 2.33. The summed E-state index contributed by atoms with van der Waals surface area (Å²) in [5.74, 6) is 0.732. The molecule has 1 aromatic rings. The predicted molar refractivity (Wildman–Crippen MR) is 167 cm³/mol. The molecule has 4 atom stereocenters. The smallest absolute Gasteiger partial charge is 0.224 e. The molecule has 0 fully saturated rings. The molecule has 0 radical (unpaired) electrons. The lowest BCUT2D eigenvalue weighted by molar-refractivity contribution is -0.130. The molecule has 1 aromatic carbocycles. The van der Waals surface area contributed by atoms with Crippen LogP contribution in [0.3, 0.4) is 0 Å². The van der Waals surface area contributed by atoms with E-state index in [1.165, 1.54) is 7.11 Å². The van der Waals surface area contributed by atoms with Crippen molar-refractivity contribution in [1.29, 1.82) is 0 Å². The average molecular weight is 598 g/mol. The standard InChI is InChI=1S/C31H55N3O7.CH4/c1-20(2)23(15-22-11-12-27(39-8)28(16-22)41-14-10-13-38-7)17-25(34-40-9)26(35)18-24(21(3)4)29(36)33-19-31(5,6)30(32)37;/h11-12,16,20-21,23-26,34-35H,10,13-15,17-19H2,1-9H3,(H2,32,37)(H,33,36);1H4/t23?,24?,25-,26?;/m0./s1. The molecule has 10 nitrogen and oxygen atoms in total. The van der Waals surface area contributed by atoms with Crippen molar-refractivity contribution in [3.63, 3.8) is 0 Å². The molecular weight excluding hydrogens is 538 g/mol. The van der Waals surface area contributed by atoms with Crippen LogP contribution in [-0.2, 0) is 25.6 Å². The van der Waals surface area contributed by atoms with Crippen LogP contribution in [0.4, 0.5) is 0 Å². The number of benzene rings is 1. The molecule has 0 spiro atoms. The molecule has 0 aliphatic rings. The molecule has 0 aliphatic heterocycles. The minimum absolute atomic E-state index is 0. The summed E-state index contributed by atoms with van der Waals surface area (Å²) >= 11 is 0. The zero-order valence-corrected chi connectivity index (χ0v) is 26.6. The van der Waals surface area contributed by atoms with Crippen LogP contribution >= 0.6 is 0 Å². The van der Waals surface area contributed by atoms with Crippen LogP contribution in [0.2, 0.25) is 0 Å². The molecular formula is C32H59N3O7. The van der Waals surface area contributed by atoms with E-state index in [0.717, 1.165) is 18.4 Å². The maximum absolute atomic E-state index is 13.1. The van der Waals surface area contributed by atoms with Crippen LogP contribution in [0.5, 0.6) is 11.5 Å². The molecule has 42 heavy (non-hydrogen) atoms. The molecule has 0 saturated carbocycles. The van der Waals surface area contributed by atoms with E-state index in [-0.39, 0.29) is 38.1 Å². The van der Waals surface area contributed by atoms with Crippen molar-refractivity contribution < 1.29 is 33.7 Å². The van der Waals surface area contributed by atoms with E-state index < -0.39 is 29.4 Å². The third-order valence-electron chi connectivity index (χ3n) is 7.72. The monoisotopic (exact) mass is 597 g/mol. The van der Waals surface area contributed by atoms with Crippen molar-refractivity contribution in [3.05, 3.63) is 23.8 Å². The number of aliphatic hydroxyl groups is 1. The minimum atomic E-state index is -0.864. The quantitative estimate of drug-likeness (QED) is 0.123. The number of hydrogen-bond acceptors (Lipinski definition) is 8. The van der Waals surface area contributed by atoms with Gasteiger partial charge in [0.15, 0.2) is 11.5 Å². The number of methoxy groups -OCH3 is 2. The summed E-state index contributed by atoms with van der Waals surface area (Å²) in [7, 11) is 4.82. The second-order valence-corrected chi connectivity index (χ2v) is 12.2. The Morgan fingerprint density at radius 1 is 1.00 bits per heavy atom. The van der Waals surface area contributed by atoms with Crippen molar-refractivity contribution in [1.82, 2.24) is 10.8 Å². The Morgan fingerprint density at radius 2 is 1.67 bits per heavy atom. The molecule has 244 valence electrons. The van der Waals surface area contributed by atoms with Crippen LogP contribution in [-0.4, -0.2) is 70.2 Å². The van der Waals surface area contributed by atoms with E-state index in [1.54, 1.807) is 28.1 Å². The first-order valence-corrected chi connectivity index (χ1v) is 14.6. The number of nitrogens with one attached hydrogen (secondary N) is 2. The zero-order chi connectivity index (χ0) is 31.2. The van der Waals surface area contributed by atoms with Crippen molar-refractivity contribution in [2.24, 2.45) is 34.8 Å². The molecule has 3 unspecified atom stereocenters. The normalized spacial score (nSPS) is 14.6. The largest absolute Gasteiger partial charge is 0.493 e. The van der Waals surface area contributed by atoms with Crippen molar-refractivity contribution in [2.45, 2.75) is 86.8 Å². The molecule has 5 N–H and O–H groups in total. The van der Waals surface area contributed by atoms with Gasteiger partial charge in [0.2, 0.25) is 11.8 Å². The summed E-state index contributed by atoms with van der Waals surface area (Å²) in [5.41, 5.74) is 8.68. The molecule has 0 aromatic heterocycles. The lowest BCUT2D eigenvalue weighted by Crippen LogP contribution is -2.47. The number of hydroxylamine groups is 1. The first-order valence-electron chi connectivity index (χ1n) is 14.6. The summed E-state index contributed by atoms with van der Waals surface area (Å²) in [6, 6.07) is 5.58. The summed E-state index contributed by atoms with van der Waals surface area (Å²) in [5, 5.41) is 14.2. The first kappa shape index (κ1) is 39.6. The fourth-order valence-electron chi connectivity index (χ4n) is 4.63. The Labute approximate surface area is 254 Å². The van der Waals surface area contributed by atoms with Gasteiger partial charge >= 0.3 is 0 Å². The first-order chi connectivity index (χ1) is 19.3. The van der Waals surface area contributed by atoms with Gasteiger partial charge in [0.25, 0.3) is 0 Å². The van der Waals surface area contributed by atoms with Gasteiger partial charge in [0.05, 0.1) is 38.4 Å². The van der Waals surface area contributed by atoms with Gasteiger partial charge in [-0.1, -0.05) is 41.2 Å². The van der Waals surface area contributed by atoms with Crippen LogP contribution < -0.4 is 26.0 Å². The molecule has 1 rings (SSSR count). The molecule has 0 bridgehead atoms. The van der Waals surface area contributed by atoms with Crippen LogP contribution in [0.15, 0.2) is 18.2 Å². The molecule has 10 heteroatoms. The average Bonchev–Trinajstić information content (AvgIpc) is 2.91. The second kappa shape index (κ2) is 19.7. The van der Waals surface area contributed by atoms with E-state index in [0.29, 0.717) is 37.1 Å². The number of carbonyl (C=O) groups excluding carboxylic acids is 2. The van der Waals surface area contributed by atoms with Crippen molar-refractivity contribution >= 4 is 11.8 Å². The lowest BCUT2D eigenvalue weighted by Gasteiger charge is -2.32. The van der Waals surface area contributed by atoms with Gasteiger partial charge in [-0.25, -0.2) is 0 Å². The Morgan fingerprint density at radius 3 is 2.19 bits per heavy atom. The summed E-state index contributed by atoms with van der Waals surface area (Å²) in [6.07, 6.45) is 1.58. The number of hydrogen-bond donors (Lipinski definition) is 4. The highest BCUT2D eigenvalue weighted by molar-refractivity contribution is 5.83. The Hall–Kier alpha value is -2.40. The second-order valence-electron chi connectivity index (χ2n) is 12.2. The van der Waals surface area contributed by atoms with Crippen molar-refractivity contribution in [2.75, 3.05) is 41.1 Å². The SMILES string of the molecule is C.COCCCOc1cc(CC(C[C@H](NOC)C(O)CC(C(=O)NCC(C)(C)C(N)=O)C(C)C)C(C)C)ccc1OC. The highest BCUT2D eigenvalue weighted by atomic mass is 16.6. The Balaban J connectivity index is 0.0000168. The number of ether oxygens (including phenoxy) is 3. The minimum Gasteiger partial charge on any atom is -0.493 e. The number of amides is 2. The van der Waals surface area contributed by atoms with Gasteiger partial charge in [-0.15, -0.1) is 0 Å². The third-order valence-corrected chi connectivity index (χ3v) is 7.72. The maximum atomic E-state index is 13.1. The van der Waals surface area contributed by atoms with E-state index in [2.05, 4.69) is 24.6 Å². The van der Waals surface area contributed by atoms with Crippen LogP contribution in [0.25, 0.3) is 0 Å². The van der Waals surface area contributed by atoms with Gasteiger partial charge in [-0.2, -0.15) is 5.48 Å². The van der Waals surface area contributed by atoms with Crippen LogP contribution in [0, 0.1) is 29.1 Å². The molecule has 2 amide bonds. The predicted octanol–water partition coefficient (Wildman–Crippen LogP) is 4.12. The molecule has 0 saturated heterocycles. The number of rotatable bonds is 21. The van der Waals surface area contributed by atoms with E-state index >= 15 is 0 Å². The topological polar surface area (TPSA) is 141 Å². The maximum Gasteiger partial charge on any atom is 0.224 e. The summed E-state index contributed by atoms with van der Waals surface area (Å²) < 4.78 is 16.6. The summed E-state index contributed by atoms with van der Waals surface area (Å²) in [4.78, 5) is 30.0. The molecule has 0 heterocycles. The Bertz CT molecular complexity index is 923. The van der Waals surface area contributed by atoms with Gasteiger partial charge < -0.3 is 35.2 Å². The van der Waals surface area contributed by atoms with Gasteiger partial charge in [-0.05, 0) is 68.6 Å². The third kappa shape index (κ3) is 13.3. The lowest BCUT2D eigenvalue weighted by atomic mass is 9.80. The van der Waals surface area contributed by atoms with Crippen LogP contribution in [0.1, 0.15) is 73.8 Å². The highest BCUT2D eigenvalue weighted by Crippen LogP contribution is 2.32. The number of aliphatic hydroxyl groups excluding tert-OH is 1. The van der Waals surface area contributed by atoms with Gasteiger partial charge in [-0.3, -0.25) is 9.59 Å². The van der Waals surface area contributed by atoms with E-state index in [1.807, 2.05) is 32.0 Å². The number of carbonyl (C=O) groups is 2. The van der Waals surface area contributed by atoms with Gasteiger partial charge in [0.1, 0.15) is 0 Å². The molecule has 0 aliphatic carbocycles. The Kier molecular flexibility index (Phi) is 18.6. The zero-order valence-electron chi connectivity index (χ0n) is 26.6. The number of primary amides is 1.